The minimum Gasteiger partial charge on any atom is -0.343 e. The maximum Gasteiger partial charge on any atom is 0.213 e. The lowest BCUT2D eigenvalue weighted by molar-refractivity contribution is -0.128. The fraction of sp³-hybridized carbons (Fsp3) is 0.875. The van der Waals surface area contributed by atoms with Crippen molar-refractivity contribution >= 4 is 13.8 Å². The van der Waals surface area contributed by atoms with Crippen molar-refractivity contribution in [2.75, 3.05) is 13.1 Å². The summed E-state index contributed by atoms with van der Waals surface area (Å²) < 4.78 is 0. The smallest absolute Gasteiger partial charge is 0.213 e. The largest absolute Gasteiger partial charge is 0.343 e. The van der Waals surface area contributed by atoms with Crippen molar-refractivity contribution in [3.05, 3.63) is 0 Å². The minimum atomic E-state index is 0.104. The Balaban J connectivity index is 2.36. The number of rotatable bonds is 1. The number of hydrogen-bond donors (Lipinski definition) is 0. The SMILES string of the molecule is [B]CC(=O)N1CCCCCC1. The molecule has 1 aliphatic heterocycles. The van der Waals surface area contributed by atoms with Gasteiger partial charge in [-0.15, -0.1) is 0 Å². The second kappa shape index (κ2) is 4.42. The molecule has 0 unspecified atom stereocenters. The van der Waals surface area contributed by atoms with Gasteiger partial charge in [0, 0.05) is 13.1 Å². The standard InChI is InChI=1S/C8H14BNO/c9-7-8(11)10-5-3-1-2-4-6-10/h1-7H2. The predicted octanol–water partition coefficient (Wildman–Crippen LogP) is 0.976. The Kier molecular flexibility index (Phi) is 3.47. The molecule has 1 aliphatic rings. The zero-order valence-corrected chi connectivity index (χ0v) is 6.88. The Morgan fingerprint density at radius 3 is 2.18 bits per heavy atom. The monoisotopic (exact) mass is 151 g/mol. The molecule has 1 saturated heterocycles. The van der Waals surface area contributed by atoms with E-state index in [4.69, 9.17) is 7.85 Å². The topological polar surface area (TPSA) is 20.3 Å². The first-order valence-electron chi connectivity index (χ1n) is 4.32. The lowest BCUT2D eigenvalue weighted by Crippen LogP contribution is -2.31. The fourth-order valence-electron chi connectivity index (χ4n) is 1.45. The van der Waals surface area contributed by atoms with E-state index in [0.29, 0.717) is 0 Å². The van der Waals surface area contributed by atoms with E-state index in [-0.39, 0.29) is 12.2 Å². The van der Waals surface area contributed by atoms with E-state index < -0.39 is 0 Å². The van der Waals surface area contributed by atoms with Gasteiger partial charge in [0.05, 0.1) is 7.85 Å². The van der Waals surface area contributed by atoms with E-state index in [2.05, 4.69) is 0 Å². The van der Waals surface area contributed by atoms with Crippen molar-refractivity contribution in [3.63, 3.8) is 0 Å². The van der Waals surface area contributed by atoms with Crippen LogP contribution in [0.4, 0.5) is 0 Å². The molecule has 1 rings (SSSR count). The first-order valence-corrected chi connectivity index (χ1v) is 4.32. The number of nitrogens with zero attached hydrogens (tertiary/aromatic N) is 1. The van der Waals surface area contributed by atoms with Crippen LogP contribution in [-0.2, 0) is 4.79 Å². The molecule has 0 aromatic carbocycles. The van der Waals surface area contributed by atoms with Crippen LogP contribution in [0, 0.1) is 0 Å². The molecule has 1 heterocycles. The first-order chi connectivity index (χ1) is 5.34. The van der Waals surface area contributed by atoms with Crippen molar-refractivity contribution in [1.82, 2.24) is 4.90 Å². The summed E-state index contributed by atoms with van der Waals surface area (Å²) in [5.74, 6) is 0.104. The summed E-state index contributed by atoms with van der Waals surface area (Å²) in [5.41, 5.74) is 0. The molecule has 1 amide bonds. The highest BCUT2D eigenvalue weighted by atomic mass is 16.2. The highest BCUT2D eigenvalue weighted by molar-refractivity contribution is 6.19. The van der Waals surface area contributed by atoms with Crippen LogP contribution in [-0.4, -0.2) is 31.7 Å². The lowest BCUT2D eigenvalue weighted by Gasteiger charge is -2.19. The van der Waals surface area contributed by atoms with Crippen LogP contribution in [0.3, 0.4) is 0 Å². The summed E-state index contributed by atoms with van der Waals surface area (Å²) in [4.78, 5) is 13.0. The van der Waals surface area contributed by atoms with Crippen molar-refractivity contribution in [3.8, 4) is 0 Å². The van der Waals surface area contributed by atoms with E-state index in [1.54, 1.807) is 0 Å². The van der Waals surface area contributed by atoms with Crippen LogP contribution in [0.25, 0.3) is 0 Å². The summed E-state index contributed by atoms with van der Waals surface area (Å²) >= 11 is 0. The molecule has 0 aliphatic carbocycles. The minimum absolute atomic E-state index is 0.104. The lowest BCUT2D eigenvalue weighted by atomic mass is 10.0. The van der Waals surface area contributed by atoms with Gasteiger partial charge in [-0.2, -0.15) is 0 Å². The van der Waals surface area contributed by atoms with Gasteiger partial charge in [-0.25, -0.2) is 0 Å². The van der Waals surface area contributed by atoms with Crippen LogP contribution in [0.2, 0.25) is 6.32 Å². The van der Waals surface area contributed by atoms with Gasteiger partial charge in [0.2, 0.25) is 5.91 Å². The van der Waals surface area contributed by atoms with Gasteiger partial charge in [-0.1, -0.05) is 12.8 Å². The average molecular weight is 151 g/mol. The van der Waals surface area contributed by atoms with Gasteiger partial charge in [-0.05, 0) is 19.2 Å². The Hall–Kier alpha value is -0.465. The molecule has 2 nitrogen and oxygen atoms in total. The first kappa shape index (κ1) is 8.63. The van der Waals surface area contributed by atoms with Gasteiger partial charge in [0.1, 0.15) is 0 Å². The second-order valence-electron chi connectivity index (χ2n) is 3.00. The number of amides is 1. The molecule has 0 aromatic heterocycles. The molecule has 0 aromatic rings. The van der Waals surface area contributed by atoms with Crippen molar-refractivity contribution < 1.29 is 4.79 Å². The van der Waals surface area contributed by atoms with E-state index >= 15 is 0 Å². The summed E-state index contributed by atoms with van der Waals surface area (Å²) in [6, 6.07) is 0. The van der Waals surface area contributed by atoms with Crippen LogP contribution < -0.4 is 0 Å². The molecule has 0 bridgehead atoms. The van der Waals surface area contributed by atoms with E-state index in [1.807, 2.05) is 4.90 Å². The van der Waals surface area contributed by atoms with Gasteiger partial charge in [0.25, 0.3) is 0 Å². The van der Waals surface area contributed by atoms with E-state index in [0.717, 1.165) is 25.9 Å². The van der Waals surface area contributed by atoms with Gasteiger partial charge < -0.3 is 4.90 Å². The number of hydrogen-bond acceptors (Lipinski definition) is 1. The van der Waals surface area contributed by atoms with Gasteiger partial charge >= 0.3 is 0 Å². The van der Waals surface area contributed by atoms with E-state index in [9.17, 15) is 4.79 Å². The molecule has 11 heavy (non-hydrogen) atoms. The van der Waals surface area contributed by atoms with Crippen LogP contribution in [0.15, 0.2) is 0 Å². The molecule has 3 heteroatoms. The third kappa shape index (κ3) is 2.56. The van der Waals surface area contributed by atoms with Crippen molar-refractivity contribution in [1.29, 1.82) is 0 Å². The van der Waals surface area contributed by atoms with E-state index in [1.165, 1.54) is 12.8 Å². The van der Waals surface area contributed by atoms with Crippen LogP contribution in [0.1, 0.15) is 25.7 Å². The molecule has 0 saturated carbocycles. The Labute approximate surface area is 69.4 Å². The molecule has 2 radical (unpaired) electrons. The van der Waals surface area contributed by atoms with Crippen LogP contribution >= 0.6 is 0 Å². The predicted molar refractivity (Wildman–Crippen MR) is 45.6 cm³/mol. The summed E-state index contributed by atoms with van der Waals surface area (Å²) in [5, 5.41) is 0. The van der Waals surface area contributed by atoms with Crippen molar-refractivity contribution in [2.24, 2.45) is 0 Å². The number of likely N-dealkylation sites (tertiary alicyclic amines) is 1. The van der Waals surface area contributed by atoms with Gasteiger partial charge in [-0.3, -0.25) is 4.79 Å². The Morgan fingerprint density at radius 1 is 1.18 bits per heavy atom. The Morgan fingerprint density at radius 2 is 1.73 bits per heavy atom. The molecule has 0 N–H and O–H groups in total. The molecule has 1 fully saturated rings. The highest BCUT2D eigenvalue weighted by Crippen LogP contribution is 2.09. The van der Waals surface area contributed by atoms with Crippen molar-refractivity contribution in [2.45, 2.75) is 32.0 Å². The highest BCUT2D eigenvalue weighted by Gasteiger charge is 2.12. The molecular formula is C8H14BNO. The zero-order valence-electron chi connectivity index (χ0n) is 6.88. The molecular weight excluding hydrogens is 137 g/mol. The summed E-state index contributed by atoms with van der Waals surface area (Å²) in [6.45, 7) is 1.83. The molecule has 0 atom stereocenters. The quantitative estimate of drug-likeness (QED) is 0.511. The van der Waals surface area contributed by atoms with Gasteiger partial charge in [0.15, 0.2) is 0 Å². The Bertz CT molecular complexity index is 130. The normalized spacial score (nSPS) is 19.5. The fourth-order valence-corrected chi connectivity index (χ4v) is 1.45. The third-order valence-electron chi connectivity index (χ3n) is 2.13. The summed E-state index contributed by atoms with van der Waals surface area (Å²) in [7, 11) is 5.26. The zero-order chi connectivity index (χ0) is 8.10. The second-order valence-corrected chi connectivity index (χ2v) is 3.00. The number of carbonyl (C=O) groups excluding carboxylic acids is 1. The number of carbonyl (C=O) groups is 1. The summed E-state index contributed by atoms with van der Waals surface area (Å²) in [6.07, 6.45) is 4.97. The average Bonchev–Trinajstić information content (AvgIpc) is 2.30. The maximum atomic E-state index is 11.1. The third-order valence-corrected chi connectivity index (χ3v) is 2.13. The molecule has 60 valence electrons. The molecule has 0 spiro atoms. The maximum absolute atomic E-state index is 11.1. The van der Waals surface area contributed by atoms with Crippen LogP contribution in [0.5, 0.6) is 0 Å².